The Morgan fingerprint density at radius 1 is 1.14 bits per heavy atom. The number of hydrogen-bond acceptors (Lipinski definition) is 5. The van der Waals surface area contributed by atoms with E-state index in [9.17, 15) is 4.79 Å². The number of nitrogens with zero attached hydrogens (tertiary/aromatic N) is 2. The van der Waals surface area contributed by atoms with Gasteiger partial charge in [-0.1, -0.05) is 35.0 Å². The van der Waals surface area contributed by atoms with Crippen molar-refractivity contribution in [1.82, 2.24) is 10.1 Å². The minimum absolute atomic E-state index is 0.210. The number of aromatic nitrogens is 2. The van der Waals surface area contributed by atoms with Gasteiger partial charge in [0, 0.05) is 21.9 Å². The molecule has 0 saturated heterocycles. The van der Waals surface area contributed by atoms with Crippen LogP contribution in [0.5, 0.6) is 0 Å². The number of thiophene rings is 1. The van der Waals surface area contributed by atoms with Gasteiger partial charge in [-0.15, -0.1) is 11.3 Å². The van der Waals surface area contributed by atoms with Gasteiger partial charge in [0.05, 0.1) is 11.3 Å². The second-order valence-corrected chi connectivity index (χ2v) is 8.71. The number of rotatable bonds is 3. The van der Waals surface area contributed by atoms with Crippen LogP contribution in [0.4, 0.5) is 5.82 Å². The average molecular weight is 404 g/mol. The largest absolute Gasteiger partial charge is 0.360 e. The fourth-order valence-electron chi connectivity index (χ4n) is 4.13. The van der Waals surface area contributed by atoms with Crippen molar-refractivity contribution in [2.45, 2.75) is 40.0 Å². The summed E-state index contributed by atoms with van der Waals surface area (Å²) < 4.78 is 5.10. The SMILES string of the molecule is Cc1ccc(-c2c(C(=O)Nc3cc(C)on3)c(C)nc3sc4c(c23)CCC4)cc1. The van der Waals surface area contributed by atoms with Gasteiger partial charge in [-0.2, -0.15) is 0 Å². The molecule has 6 heteroatoms. The van der Waals surface area contributed by atoms with Crippen LogP contribution in [0.2, 0.25) is 0 Å². The summed E-state index contributed by atoms with van der Waals surface area (Å²) in [5.74, 6) is 0.858. The predicted molar refractivity (Wildman–Crippen MR) is 116 cm³/mol. The van der Waals surface area contributed by atoms with E-state index in [2.05, 4.69) is 41.7 Å². The maximum atomic E-state index is 13.3. The molecule has 1 amide bonds. The number of anilines is 1. The van der Waals surface area contributed by atoms with Gasteiger partial charge in [0.1, 0.15) is 10.6 Å². The van der Waals surface area contributed by atoms with E-state index >= 15 is 0 Å². The van der Waals surface area contributed by atoms with Gasteiger partial charge >= 0.3 is 0 Å². The zero-order valence-electron chi connectivity index (χ0n) is 16.6. The summed E-state index contributed by atoms with van der Waals surface area (Å²) in [5, 5.41) is 7.93. The fraction of sp³-hybridized carbons (Fsp3) is 0.261. The van der Waals surface area contributed by atoms with Crippen LogP contribution in [-0.2, 0) is 12.8 Å². The lowest BCUT2D eigenvalue weighted by molar-refractivity contribution is 0.102. The normalized spacial score (nSPS) is 13.1. The summed E-state index contributed by atoms with van der Waals surface area (Å²) in [4.78, 5) is 20.6. The van der Waals surface area contributed by atoms with Crippen molar-refractivity contribution in [2.24, 2.45) is 0 Å². The first kappa shape index (κ1) is 18.1. The Morgan fingerprint density at radius 3 is 2.66 bits per heavy atom. The highest BCUT2D eigenvalue weighted by Gasteiger charge is 2.27. The molecule has 3 aromatic heterocycles. The van der Waals surface area contributed by atoms with E-state index in [0.717, 1.165) is 46.3 Å². The molecule has 0 radical (unpaired) electrons. The van der Waals surface area contributed by atoms with Crippen molar-refractivity contribution < 1.29 is 9.32 Å². The van der Waals surface area contributed by atoms with Gasteiger partial charge in [0.2, 0.25) is 0 Å². The molecular weight excluding hydrogens is 382 g/mol. The van der Waals surface area contributed by atoms with Crippen LogP contribution in [0.15, 0.2) is 34.9 Å². The van der Waals surface area contributed by atoms with Gasteiger partial charge in [-0.25, -0.2) is 4.98 Å². The number of nitrogens with one attached hydrogen (secondary N) is 1. The first-order valence-corrected chi connectivity index (χ1v) is 10.6. The van der Waals surface area contributed by atoms with E-state index in [1.165, 1.54) is 16.0 Å². The van der Waals surface area contributed by atoms with Crippen LogP contribution in [0.25, 0.3) is 21.3 Å². The van der Waals surface area contributed by atoms with Crippen LogP contribution < -0.4 is 5.32 Å². The highest BCUT2D eigenvalue weighted by Crippen LogP contribution is 2.43. The molecule has 1 aromatic carbocycles. The Balaban J connectivity index is 1.75. The summed E-state index contributed by atoms with van der Waals surface area (Å²) in [5.41, 5.74) is 5.90. The molecule has 0 unspecified atom stereocenters. The van der Waals surface area contributed by atoms with E-state index in [4.69, 9.17) is 9.51 Å². The van der Waals surface area contributed by atoms with Crippen molar-refractivity contribution in [3.05, 3.63) is 63.4 Å². The quantitative estimate of drug-likeness (QED) is 0.482. The molecule has 146 valence electrons. The second kappa shape index (κ2) is 6.81. The molecule has 0 bridgehead atoms. The fourth-order valence-corrected chi connectivity index (χ4v) is 5.45. The summed E-state index contributed by atoms with van der Waals surface area (Å²) in [6.07, 6.45) is 3.31. The number of pyridine rings is 1. The first-order valence-electron chi connectivity index (χ1n) is 9.78. The standard InChI is InChI=1S/C23H21N3O2S/c1-12-7-9-15(10-8-12)20-19(22(27)25-18-11-13(2)28-26-18)14(3)24-23-21(20)16-5-4-6-17(16)29-23/h7-11H,4-6H2,1-3H3,(H,25,26,27). The topological polar surface area (TPSA) is 68.0 Å². The summed E-state index contributed by atoms with van der Waals surface area (Å²) in [7, 11) is 0. The van der Waals surface area contributed by atoms with Crippen LogP contribution in [0, 0.1) is 20.8 Å². The number of carbonyl (C=O) groups is 1. The molecule has 3 heterocycles. The Hall–Kier alpha value is -2.99. The highest BCUT2D eigenvalue weighted by atomic mass is 32.1. The predicted octanol–water partition coefficient (Wildman–Crippen LogP) is 5.62. The Kier molecular flexibility index (Phi) is 4.24. The van der Waals surface area contributed by atoms with Crippen LogP contribution >= 0.6 is 11.3 Å². The van der Waals surface area contributed by atoms with Crippen LogP contribution in [0.3, 0.4) is 0 Å². The zero-order valence-corrected chi connectivity index (χ0v) is 17.4. The molecule has 0 saturated carbocycles. The Labute approximate surface area is 172 Å². The van der Waals surface area contributed by atoms with E-state index in [1.54, 1.807) is 24.3 Å². The van der Waals surface area contributed by atoms with E-state index in [-0.39, 0.29) is 5.91 Å². The van der Waals surface area contributed by atoms with E-state index < -0.39 is 0 Å². The van der Waals surface area contributed by atoms with E-state index in [0.29, 0.717) is 17.1 Å². The molecule has 4 aromatic rings. The summed E-state index contributed by atoms with van der Waals surface area (Å²) in [6, 6.07) is 10.1. The molecule has 0 spiro atoms. The van der Waals surface area contributed by atoms with Crippen molar-refractivity contribution in [2.75, 3.05) is 5.32 Å². The molecule has 29 heavy (non-hydrogen) atoms. The number of aryl methyl sites for hydroxylation is 5. The van der Waals surface area contributed by atoms with Gasteiger partial charge in [0.25, 0.3) is 5.91 Å². The second-order valence-electron chi connectivity index (χ2n) is 7.63. The molecule has 1 aliphatic rings. The van der Waals surface area contributed by atoms with Crippen molar-refractivity contribution >= 4 is 33.3 Å². The third kappa shape index (κ3) is 3.04. The lowest BCUT2D eigenvalue weighted by Crippen LogP contribution is -2.16. The highest BCUT2D eigenvalue weighted by molar-refractivity contribution is 7.19. The molecule has 5 nitrogen and oxygen atoms in total. The van der Waals surface area contributed by atoms with E-state index in [1.807, 2.05) is 6.92 Å². The molecular formula is C23H21N3O2S. The Morgan fingerprint density at radius 2 is 1.93 bits per heavy atom. The van der Waals surface area contributed by atoms with Gasteiger partial charge in [0.15, 0.2) is 5.82 Å². The summed E-state index contributed by atoms with van der Waals surface area (Å²) in [6.45, 7) is 5.78. The number of fused-ring (bicyclic) bond motifs is 3. The average Bonchev–Trinajstić information content (AvgIpc) is 3.37. The molecule has 0 fully saturated rings. The molecule has 0 atom stereocenters. The van der Waals surface area contributed by atoms with Crippen LogP contribution in [0.1, 0.15) is 44.2 Å². The van der Waals surface area contributed by atoms with Crippen molar-refractivity contribution in [3.63, 3.8) is 0 Å². The molecule has 1 aliphatic carbocycles. The summed E-state index contributed by atoms with van der Waals surface area (Å²) >= 11 is 1.77. The lowest BCUT2D eigenvalue weighted by atomic mass is 9.93. The smallest absolute Gasteiger partial charge is 0.259 e. The minimum Gasteiger partial charge on any atom is -0.360 e. The molecule has 1 N–H and O–H groups in total. The lowest BCUT2D eigenvalue weighted by Gasteiger charge is -2.15. The molecule has 5 rings (SSSR count). The van der Waals surface area contributed by atoms with Gasteiger partial charge in [-0.3, -0.25) is 4.79 Å². The maximum absolute atomic E-state index is 13.3. The van der Waals surface area contributed by atoms with Crippen molar-refractivity contribution in [3.8, 4) is 11.1 Å². The third-order valence-corrected chi connectivity index (χ3v) is 6.66. The van der Waals surface area contributed by atoms with Gasteiger partial charge < -0.3 is 9.84 Å². The number of amides is 1. The number of benzene rings is 1. The zero-order chi connectivity index (χ0) is 20.1. The van der Waals surface area contributed by atoms with Crippen LogP contribution in [-0.4, -0.2) is 16.0 Å². The number of carbonyl (C=O) groups excluding carboxylic acids is 1. The first-order chi connectivity index (χ1) is 14.0. The maximum Gasteiger partial charge on any atom is 0.259 e. The minimum atomic E-state index is -0.210. The third-order valence-electron chi connectivity index (χ3n) is 5.47. The number of hydrogen-bond donors (Lipinski definition) is 1. The van der Waals surface area contributed by atoms with Crippen molar-refractivity contribution in [1.29, 1.82) is 0 Å². The molecule has 0 aliphatic heterocycles. The Bertz CT molecular complexity index is 1250. The van der Waals surface area contributed by atoms with Gasteiger partial charge in [-0.05, 0) is 51.2 Å². The monoisotopic (exact) mass is 403 g/mol.